The molecule has 0 atom stereocenters. The predicted molar refractivity (Wildman–Crippen MR) is 59.6 cm³/mol. The van der Waals surface area contributed by atoms with Crippen LogP contribution in [-0.4, -0.2) is 31.4 Å². The van der Waals surface area contributed by atoms with Crippen molar-refractivity contribution >= 4 is 24.0 Å². The van der Waals surface area contributed by atoms with Crippen molar-refractivity contribution in [3.05, 3.63) is 0 Å². The molecule has 0 fully saturated rings. The zero-order valence-electron chi connectivity index (χ0n) is 8.18. The van der Waals surface area contributed by atoms with Crippen LogP contribution in [0, 0.1) is 0 Å². The molecule has 0 heterocycles. The average Bonchev–Trinajstić information content (AvgIpc) is 1.96. The lowest BCUT2D eigenvalue weighted by Crippen LogP contribution is -2.12. The first-order valence-corrected chi connectivity index (χ1v) is 5.01. The number of hydrogen-bond donors (Lipinski definition) is 0. The minimum atomic E-state index is 0. The van der Waals surface area contributed by atoms with Gasteiger partial charge in [0.05, 0.1) is 0 Å². The Morgan fingerprint density at radius 1 is 0.917 bits per heavy atom. The van der Waals surface area contributed by atoms with Crippen LogP contribution in [0.1, 0.15) is 32.1 Å². The largest absolute Gasteiger partial charge is 0.309 e. The molecular weight excluding hydrogens is 193 g/mol. The van der Waals surface area contributed by atoms with E-state index < -0.39 is 0 Å². The van der Waals surface area contributed by atoms with E-state index in [1.807, 2.05) is 0 Å². The van der Waals surface area contributed by atoms with Crippen LogP contribution in [0.4, 0.5) is 0 Å². The monoisotopic (exact) mass is 213 g/mol. The van der Waals surface area contributed by atoms with Gasteiger partial charge >= 0.3 is 0 Å². The lowest BCUT2D eigenvalue weighted by Gasteiger charge is -2.07. The van der Waals surface area contributed by atoms with E-state index >= 15 is 0 Å². The fourth-order valence-corrected chi connectivity index (χ4v) is 1.24. The van der Waals surface area contributed by atoms with Crippen molar-refractivity contribution in [3.8, 4) is 0 Å². The van der Waals surface area contributed by atoms with Crippen molar-refractivity contribution in [1.29, 1.82) is 0 Å². The third kappa shape index (κ3) is 13.2. The first-order chi connectivity index (χ1) is 5.27. The molecule has 0 rings (SSSR count). The lowest BCUT2D eigenvalue weighted by molar-refractivity contribution is 0.390. The van der Waals surface area contributed by atoms with E-state index in [0.29, 0.717) is 0 Å². The van der Waals surface area contributed by atoms with Gasteiger partial charge in [0.25, 0.3) is 0 Å². The van der Waals surface area contributed by atoms with Gasteiger partial charge in [0.1, 0.15) is 0 Å². The lowest BCUT2D eigenvalue weighted by atomic mass is 10.1. The first kappa shape index (κ1) is 15.0. The van der Waals surface area contributed by atoms with E-state index in [0.717, 1.165) is 5.88 Å². The molecule has 76 valence electrons. The number of nitrogens with zero attached hydrogens (tertiary/aromatic N) is 1. The number of unbranched alkanes of at least 4 members (excludes halogenated alkanes) is 4. The van der Waals surface area contributed by atoms with Gasteiger partial charge in [0.15, 0.2) is 0 Å². The van der Waals surface area contributed by atoms with Gasteiger partial charge in [-0.1, -0.05) is 19.3 Å². The van der Waals surface area contributed by atoms with Gasteiger partial charge < -0.3 is 4.90 Å². The summed E-state index contributed by atoms with van der Waals surface area (Å²) in [6.07, 6.45) is 6.52. The molecule has 0 aromatic rings. The number of halogens is 2. The van der Waals surface area contributed by atoms with Crippen LogP contribution in [0.2, 0.25) is 0 Å². The molecule has 0 aliphatic carbocycles. The highest BCUT2D eigenvalue weighted by molar-refractivity contribution is 6.17. The van der Waals surface area contributed by atoms with Crippen molar-refractivity contribution < 1.29 is 0 Å². The standard InChI is InChI=1S/C9H20ClN.ClH/c1-11(2)9-7-5-3-4-6-8-10;/h3-9H2,1-2H3;1H. The normalized spacial score (nSPS) is 10.0. The van der Waals surface area contributed by atoms with E-state index in [1.54, 1.807) is 0 Å². The molecule has 0 aromatic carbocycles. The third-order valence-electron chi connectivity index (χ3n) is 1.74. The molecule has 0 saturated heterocycles. The summed E-state index contributed by atoms with van der Waals surface area (Å²) in [7, 11) is 4.25. The fourth-order valence-electron chi connectivity index (χ4n) is 1.05. The SMILES string of the molecule is CN(C)CCCCCCCCl.Cl. The smallest absolute Gasteiger partial charge is 0.0223 e. The number of alkyl halides is 1. The third-order valence-corrected chi connectivity index (χ3v) is 2.01. The van der Waals surface area contributed by atoms with E-state index in [4.69, 9.17) is 11.6 Å². The minimum absolute atomic E-state index is 0. The van der Waals surface area contributed by atoms with Crippen molar-refractivity contribution in [2.75, 3.05) is 26.5 Å². The Kier molecular flexibility index (Phi) is 14.5. The van der Waals surface area contributed by atoms with Gasteiger partial charge in [-0.25, -0.2) is 0 Å². The van der Waals surface area contributed by atoms with E-state index in [9.17, 15) is 0 Å². The molecule has 0 aromatic heterocycles. The molecule has 0 aliphatic rings. The maximum atomic E-state index is 5.56. The summed E-state index contributed by atoms with van der Waals surface area (Å²) < 4.78 is 0. The zero-order valence-corrected chi connectivity index (χ0v) is 9.76. The van der Waals surface area contributed by atoms with Crippen molar-refractivity contribution in [2.45, 2.75) is 32.1 Å². The summed E-state index contributed by atoms with van der Waals surface area (Å²) in [6.45, 7) is 1.22. The zero-order chi connectivity index (χ0) is 8.53. The summed E-state index contributed by atoms with van der Waals surface area (Å²) >= 11 is 5.56. The maximum absolute atomic E-state index is 5.56. The Morgan fingerprint density at radius 2 is 1.42 bits per heavy atom. The molecule has 0 spiro atoms. The predicted octanol–water partition coefficient (Wildman–Crippen LogP) is 3.16. The van der Waals surface area contributed by atoms with Crippen LogP contribution >= 0.6 is 24.0 Å². The van der Waals surface area contributed by atoms with E-state index in [1.165, 1.54) is 38.6 Å². The number of hydrogen-bond acceptors (Lipinski definition) is 1. The van der Waals surface area contributed by atoms with Crippen LogP contribution in [0.5, 0.6) is 0 Å². The fraction of sp³-hybridized carbons (Fsp3) is 1.00. The van der Waals surface area contributed by atoms with Gasteiger partial charge in [-0.2, -0.15) is 0 Å². The first-order valence-electron chi connectivity index (χ1n) is 4.48. The van der Waals surface area contributed by atoms with Crippen LogP contribution in [0.15, 0.2) is 0 Å². The summed E-state index contributed by atoms with van der Waals surface area (Å²) in [5, 5.41) is 0. The molecular formula is C9H21Cl2N. The molecule has 12 heavy (non-hydrogen) atoms. The minimum Gasteiger partial charge on any atom is -0.309 e. The summed E-state index contributed by atoms with van der Waals surface area (Å²) in [6, 6.07) is 0. The molecule has 0 unspecified atom stereocenters. The maximum Gasteiger partial charge on any atom is 0.0223 e. The van der Waals surface area contributed by atoms with Crippen LogP contribution < -0.4 is 0 Å². The van der Waals surface area contributed by atoms with Crippen molar-refractivity contribution in [2.24, 2.45) is 0 Å². The van der Waals surface area contributed by atoms with E-state index in [2.05, 4.69) is 19.0 Å². The quantitative estimate of drug-likeness (QED) is 0.464. The number of rotatable bonds is 7. The van der Waals surface area contributed by atoms with E-state index in [-0.39, 0.29) is 12.4 Å². The molecule has 0 aliphatic heterocycles. The molecule has 0 radical (unpaired) electrons. The van der Waals surface area contributed by atoms with Gasteiger partial charge in [-0.3, -0.25) is 0 Å². The Hall–Kier alpha value is 0.540. The second kappa shape index (κ2) is 11.5. The van der Waals surface area contributed by atoms with Gasteiger partial charge in [-0.15, -0.1) is 24.0 Å². The Labute approximate surface area is 87.9 Å². The molecule has 3 heteroatoms. The summed E-state index contributed by atoms with van der Waals surface area (Å²) in [5.74, 6) is 0.827. The second-order valence-electron chi connectivity index (χ2n) is 3.26. The highest BCUT2D eigenvalue weighted by Gasteiger charge is 1.91. The average molecular weight is 214 g/mol. The van der Waals surface area contributed by atoms with Gasteiger partial charge in [0, 0.05) is 5.88 Å². The van der Waals surface area contributed by atoms with Crippen LogP contribution in [0.3, 0.4) is 0 Å². The Bertz CT molecular complexity index is 76.9. The van der Waals surface area contributed by atoms with Crippen molar-refractivity contribution in [3.63, 3.8) is 0 Å². The van der Waals surface area contributed by atoms with Gasteiger partial charge in [-0.05, 0) is 33.5 Å². The summed E-state index contributed by atoms with van der Waals surface area (Å²) in [4.78, 5) is 2.24. The molecule has 0 amide bonds. The highest BCUT2D eigenvalue weighted by Crippen LogP contribution is 2.03. The Balaban J connectivity index is 0. The van der Waals surface area contributed by atoms with Crippen LogP contribution in [-0.2, 0) is 0 Å². The molecule has 0 bridgehead atoms. The second-order valence-corrected chi connectivity index (χ2v) is 3.64. The summed E-state index contributed by atoms with van der Waals surface area (Å²) in [5.41, 5.74) is 0. The highest BCUT2D eigenvalue weighted by atomic mass is 35.5. The topological polar surface area (TPSA) is 3.24 Å². The molecule has 0 saturated carbocycles. The van der Waals surface area contributed by atoms with Crippen molar-refractivity contribution in [1.82, 2.24) is 4.90 Å². The van der Waals surface area contributed by atoms with Gasteiger partial charge in [0.2, 0.25) is 0 Å². The molecule has 1 nitrogen and oxygen atoms in total. The van der Waals surface area contributed by atoms with Crippen LogP contribution in [0.25, 0.3) is 0 Å². The Morgan fingerprint density at radius 3 is 1.92 bits per heavy atom. The molecule has 0 N–H and O–H groups in total.